The smallest absolute Gasteiger partial charge is 0.187 e. The summed E-state index contributed by atoms with van der Waals surface area (Å²) in [5.41, 5.74) is 4.73. The lowest BCUT2D eigenvalue weighted by Crippen LogP contribution is -2.49. The minimum absolute atomic E-state index is 0.137. The Hall–Kier alpha value is -4.78. The zero-order valence-corrected chi connectivity index (χ0v) is 29.4. The van der Waals surface area contributed by atoms with Gasteiger partial charge in [-0.25, -0.2) is 23.4 Å². The Labute approximate surface area is 292 Å². The molecule has 2 aliphatic heterocycles. The number of methoxy groups -OCH3 is 1. The van der Waals surface area contributed by atoms with Gasteiger partial charge in [-0.15, -0.1) is 0 Å². The average molecular weight is 696 g/mol. The Morgan fingerprint density at radius 2 is 1.74 bits per heavy atom. The fourth-order valence-corrected chi connectivity index (χ4v) is 7.64. The summed E-state index contributed by atoms with van der Waals surface area (Å²) in [6.07, 6.45) is 4.35. The number of benzene rings is 3. The molecule has 4 heterocycles. The van der Waals surface area contributed by atoms with E-state index in [9.17, 15) is 8.42 Å². The Morgan fingerprint density at radius 1 is 0.960 bits per heavy atom. The molecule has 7 rings (SSSR count). The number of para-hydroxylation sites is 1. The molecule has 0 unspecified atom stereocenters. The molecular weight excluding hydrogens is 655 g/mol. The Bertz CT molecular complexity index is 2100. The van der Waals surface area contributed by atoms with Gasteiger partial charge in [-0.1, -0.05) is 44.2 Å². The van der Waals surface area contributed by atoms with E-state index in [1.807, 2.05) is 54.7 Å². The van der Waals surface area contributed by atoms with E-state index in [0.717, 1.165) is 33.3 Å². The van der Waals surface area contributed by atoms with Gasteiger partial charge in [0, 0.05) is 48.7 Å². The molecule has 50 heavy (non-hydrogen) atoms. The molecule has 0 amide bonds. The number of hydrogen-bond acceptors (Lipinski definition) is 11. The van der Waals surface area contributed by atoms with Crippen molar-refractivity contribution >= 4 is 37.9 Å². The highest BCUT2D eigenvalue weighted by Crippen LogP contribution is 2.40. The number of anilines is 3. The second-order valence-electron chi connectivity index (χ2n) is 13.1. The molecule has 0 radical (unpaired) electrons. The highest BCUT2D eigenvalue weighted by atomic mass is 32.2. The van der Waals surface area contributed by atoms with Crippen LogP contribution in [0.5, 0.6) is 11.5 Å². The average Bonchev–Trinajstić information content (AvgIpc) is 3.63. The van der Waals surface area contributed by atoms with Crippen LogP contribution in [-0.2, 0) is 25.9 Å². The van der Waals surface area contributed by atoms with E-state index in [-0.39, 0.29) is 11.7 Å². The molecule has 11 nitrogen and oxygen atoms in total. The van der Waals surface area contributed by atoms with E-state index in [1.165, 1.54) is 11.8 Å². The lowest BCUT2D eigenvalue weighted by molar-refractivity contribution is -0.0458. The van der Waals surface area contributed by atoms with Gasteiger partial charge in [0.2, 0.25) is 0 Å². The minimum Gasteiger partial charge on any atom is -0.497 e. The van der Waals surface area contributed by atoms with Crippen LogP contribution in [0.4, 0.5) is 17.3 Å². The van der Waals surface area contributed by atoms with Crippen LogP contribution in [0.1, 0.15) is 42.7 Å². The fourth-order valence-electron chi connectivity index (χ4n) is 6.58. The zero-order chi connectivity index (χ0) is 34.8. The van der Waals surface area contributed by atoms with E-state index in [4.69, 9.17) is 28.9 Å². The van der Waals surface area contributed by atoms with Gasteiger partial charge in [-0.3, -0.25) is 0 Å². The van der Waals surface area contributed by atoms with Gasteiger partial charge >= 0.3 is 0 Å². The molecule has 2 aliphatic rings. The third kappa shape index (κ3) is 7.37. The van der Waals surface area contributed by atoms with Crippen LogP contribution in [-0.4, -0.2) is 68.8 Å². The maximum Gasteiger partial charge on any atom is 0.187 e. The van der Waals surface area contributed by atoms with Gasteiger partial charge in [0.15, 0.2) is 12.1 Å². The van der Waals surface area contributed by atoms with E-state index >= 15 is 0 Å². The normalized spacial score (nSPS) is 15.4. The maximum atomic E-state index is 11.8. The highest BCUT2D eigenvalue weighted by molar-refractivity contribution is 7.90. The van der Waals surface area contributed by atoms with Gasteiger partial charge in [0.1, 0.15) is 39.6 Å². The standard InChI is InChI=1S/C38H41N5O6S/c1-24(2)28-12-13-33(43-20-26(21-43)23-50(4,44)45)32-19-40-35(18-31(28)32)41-34-14-15-39-37(42-34)29-6-5-7-30(38-47-16-17-48-38)36(29)49-22-25-8-10-27(46-3)11-9-25/h5-15,18-19,24,26,38H,16-17,20-23H2,1-4H3,(H,39,40,41,42). The van der Waals surface area contributed by atoms with Crippen molar-refractivity contribution in [3.63, 3.8) is 0 Å². The van der Waals surface area contributed by atoms with Gasteiger partial charge < -0.3 is 29.2 Å². The van der Waals surface area contributed by atoms with Gasteiger partial charge in [-0.2, -0.15) is 0 Å². The number of pyridine rings is 1. The number of fused-ring (bicyclic) bond motifs is 1. The Balaban J connectivity index is 1.17. The molecular formula is C38H41N5O6S. The summed E-state index contributed by atoms with van der Waals surface area (Å²) >= 11 is 0. The monoisotopic (exact) mass is 695 g/mol. The van der Waals surface area contributed by atoms with Crippen molar-refractivity contribution in [1.82, 2.24) is 15.0 Å². The summed E-state index contributed by atoms with van der Waals surface area (Å²) < 4.78 is 47.1. The van der Waals surface area contributed by atoms with Crippen molar-refractivity contribution in [2.75, 3.05) is 55.6 Å². The number of aromatic nitrogens is 3. The summed E-state index contributed by atoms with van der Waals surface area (Å²) in [6.45, 7) is 7.09. The zero-order valence-electron chi connectivity index (χ0n) is 28.6. The minimum atomic E-state index is -3.01. The van der Waals surface area contributed by atoms with E-state index < -0.39 is 16.1 Å². The first-order valence-corrected chi connectivity index (χ1v) is 18.8. The summed E-state index contributed by atoms with van der Waals surface area (Å²) in [6, 6.07) is 21.7. The summed E-state index contributed by atoms with van der Waals surface area (Å²) in [7, 11) is -1.37. The maximum absolute atomic E-state index is 11.8. The Kier molecular flexibility index (Phi) is 9.58. The lowest BCUT2D eigenvalue weighted by atomic mass is 9.93. The van der Waals surface area contributed by atoms with E-state index in [2.05, 4.69) is 47.2 Å². The molecule has 0 bridgehead atoms. The second-order valence-corrected chi connectivity index (χ2v) is 15.3. The first-order chi connectivity index (χ1) is 24.1. The van der Waals surface area contributed by atoms with E-state index in [0.29, 0.717) is 67.6 Å². The molecule has 0 spiro atoms. The largest absolute Gasteiger partial charge is 0.497 e. The fraction of sp³-hybridized carbons (Fsp3) is 0.342. The van der Waals surface area contributed by atoms with Crippen molar-refractivity contribution in [3.05, 3.63) is 95.8 Å². The molecule has 12 heteroatoms. The lowest BCUT2D eigenvalue weighted by Gasteiger charge is -2.41. The number of sulfone groups is 1. The van der Waals surface area contributed by atoms with Crippen LogP contribution in [0.15, 0.2) is 79.1 Å². The predicted octanol–water partition coefficient (Wildman–Crippen LogP) is 6.67. The van der Waals surface area contributed by atoms with Crippen LogP contribution in [0.2, 0.25) is 0 Å². The van der Waals surface area contributed by atoms with Crippen LogP contribution >= 0.6 is 0 Å². The number of hydrogen-bond donors (Lipinski definition) is 1. The third-order valence-corrected chi connectivity index (χ3v) is 10.1. The van der Waals surface area contributed by atoms with Crippen molar-refractivity contribution in [1.29, 1.82) is 0 Å². The first-order valence-electron chi connectivity index (χ1n) is 16.7. The van der Waals surface area contributed by atoms with Gasteiger partial charge in [0.25, 0.3) is 0 Å². The summed E-state index contributed by atoms with van der Waals surface area (Å²) in [5.74, 6) is 3.71. The topological polar surface area (TPSA) is 125 Å². The van der Waals surface area contributed by atoms with Crippen molar-refractivity contribution in [3.8, 4) is 22.9 Å². The highest BCUT2D eigenvalue weighted by Gasteiger charge is 2.31. The molecule has 2 aromatic heterocycles. The number of ether oxygens (including phenoxy) is 4. The SMILES string of the molecule is COc1ccc(COc2c(-c3nccc(Nc4cc5c(C(C)C)ccc(N6CC(CS(C)(=O)=O)C6)c5cn4)n3)cccc2C2OCCO2)cc1. The van der Waals surface area contributed by atoms with Crippen molar-refractivity contribution in [2.45, 2.75) is 32.7 Å². The molecule has 0 atom stereocenters. The van der Waals surface area contributed by atoms with Crippen LogP contribution < -0.4 is 19.7 Å². The molecule has 5 aromatic rings. The molecule has 0 saturated carbocycles. The van der Waals surface area contributed by atoms with Gasteiger partial charge in [-0.05, 0) is 58.8 Å². The third-order valence-electron chi connectivity index (χ3n) is 8.99. The number of nitrogens with one attached hydrogen (secondary N) is 1. The molecule has 2 saturated heterocycles. The Morgan fingerprint density at radius 3 is 2.46 bits per heavy atom. The van der Waals surface area contributed by atoms with Crippen LogP contribution in [0, 0.1) is 5.92 Å². The molecule has 1 N–H and O–H groups in total. The first kappa shape index (κ1) is 33.7. The van der Waals surface area contributed by atoms with Crippen molar-refractivity contribution in [2.24, 2.45) is 5.92 Å². The molecule has 3 aromatic carbocycles. The molecule has 260 valence electrons. The second kappa shape index (κ2) is 14.2. The number of rotatable bonds is 12. The number of nitrogens with zero attached hydrogens (tertiary/aromatic N) is 4. The van der Waals surface area contributed by atoms with Crippen molar-refractivity contribution < 1.29 is 27.4 Å². The van der Waals surface area contributed by atoms with Crippen LogP contribution in [0.3, 0.4) is 0 Å². The van der Waals surface area contributed by atoms with E-state index in [1.54, 1.807) is 13.3 Å². The molecule has 2 fully saturated rings. The summed E-state index contributed by atoms with van der Waals surface area (Å²) in [4.78, 5) is 16.5. The van der Waals surface area contributed by atoms with Crippen LogP contribution in [0.25, 0.3) is 22.2 Å². The summed E-state index contributed by atoms with van der Waals surface area (Å²) in [5, 5.41) is 5.52. The van der Waals surface area contributed by atoms with Gasteiger partial charge in [0.05, 0.1) is 37.2 Å². The molecule has 0 aliphatic carbocycles. The quantitative estimate of drug-likeness (QED) is 0.150. The predicted molar refractivity (Wildman–Crippen MR) is 194 cm³/mol.